The first-order valence-corrected chi connectivity index (χ1v) is 11.2. The lowest BCUT2D eigenvalue weighted by Gasteiger charge is -2.36. The molecule has 0 saturated carbocycles. The summed E-state index contributed by atoms with van der Waals surface area (Å²) in [6.07, 6.45) is 1.02. The number of fused-ring (bicyclic) bond motifs is 3. The third kappa shape index (κ3) is 4.36. The molecule has 0 aliphatic heterocycles. The van der Waals surface area contributed by atoms with Crippen molar-refractivity contribution in [2.24, 2.45) is 5.92 Å². The molecule has 0 fully saturated rings. The maximum Gasteiger partial charge on any atom is 0.264 e. The predicted octanol–water partition coefficient (Wildman–Crippen LogP) is 3.45. The van der Waals surface area contributed by atoms with Crippen molar-refractivity contribution in [3.63, 3.8) is 0 Å². The van der Waals surface area contributed by atoms with E-state index >= 15 is 0 Å². The van der Waals surface area contributed by atoms with E-state index in [1.807, 2.05) is 38.1 Å². The van der Waals surface area contributed by atoms with E-state index in [0.29, 0.717) is 6.54 Å². The lowest BCUT2D eigenvalue weighted by molar-refractivity contribution is 0.0680. The summed E-state index contributed by atoms with van der Waals surface area (Å²) in [6, 6.07) is 18.6. The van der Waals surface area contributed by atoms with Crippen LogP contribution in [0.2, 0.25) is 0 Å². The van der Waals surface area contributed by atoms with Crippen LogP contribution in [0.3, 0.4) is 0 Å². The summed E-state index contributed by atoms with van der Waals surface area (Å²) in [5.74, 6) is -0.0361. The van der Waals surface area contributed by atoms with Gasteiger partial charge in [0.1, 0.15) is 0 Å². The summed E-state index contributed by atoms with van der Waals surface area (Å²) in [7, 11) is -3.60. The summed E-state index contributed by atoms with van der Waals surface area (Å²) >= 11 is 0. The molecule has 2 N–H and O–H groups in total. The third-order valence-corrected chi connectivity index (χ3v) is 5.95. The van der Waals surface area contributed by atoms with Crippen LogP contribution in [0.1, 0.15) is 19.4 Å². The monoisotopic (exact) mass is 401 g/mol. The summed E-state index contributed by atoms with van der Waals surface area (Å²) in [4.78, 5) is 0. The molecule has 0 spiro atoms. The number of aliphatic hydroxyl groups excluding tert-OH is 1. The van der Waals surface area contributed by atoms with E-state index in [1.165, 1.54) is 10.8 Å². The van der Waals surface area contributed by atoms with Gasteiger partial charge in [0, 0.05) is 6.54 Å². The van der Waals surface area contributed by atoms with Gasteiger partial charge in [-0.05, 0) is 39.1 Å². The van der Waals surface area contributed by atoms with E-state index in [9.17, 15) is 13.5 Å². The van der Waals surface area contributed by atoms with E-state index in [-0.39, 0.29) is 19.1 Å². The van der Waals surface area contributed by atoms with Crippen LogP contribution >= 0.6 is 0 Å². The van der Waals surface area contributed by atoms with Crippen molar-refractivity contribution in [2.75, 3.05) is 19.5 Å². The van der Waals surface area contributed by atoms with Crippen LogP contribution in [0, 0.1) is 5.92 Å². The molecule has 0 amide bonds. The fourth-order valence-electron chi connectivity index (χ4n) is 3.47. The number of hydrogen-bond acceptors (Lipinski definition) is 5. The maximum atomic E-state index is 11.5. The first-order valence-electron chi connectivity index (χ1n) is 9.35. The minimum absolute atomic E-state index is 0.0361. The van der Waals surface area contributed by atoms with E-state index in [4.69, 9.17) is 4.18 Å². The van der Waals surface area contributed by atoms with Crippen LogP contribution in [0.15, 0.2) is 54.6 Å². The summed E-state index contributed by atoms with van der Waals surface area (Å²) in [6.45, 7) is 4.01. The predicted molar refractivity (Wildman–Crippen MR) is 114 cm³/mol. The largest absolute Gasteiger partial charge is 0.394 e. The van der Waals surface area contributed by atoms with Crippen molar-refractivity contribution in [3.05, 3.63) is 60.2 Å². The topological polar surface area (TPSA) is 75.6 Å². The first-order chi connectivity index (χ1) is 13.3. The lowest BCUT2D eigenvalue weighted by Crippen LogP contribution is -2.56. The second-order valence-corrected chi connectivity index (χ2v) is 9.24. The zero-order chi connectivity index (χ0) is 20.4. The molecular weight excluding hydrogens is 374 g/mol. The molecule has 0 aliphatic rings. The van der Waals surface area contributed by atoms with Crippen LogP contribution in [0.4, 0.5) is 0 Å². The minimum Gasteiger partial charge on any atom is -0.394 e. The highest BCUT2D eigenvalue weighted by Gasteiger charge is 2.34. The first kappa shape index (κ1) is 20.7. The SMILES string of the molecule is CC(C)C(CO)(COS(C)(=O)=O)NCc1cc2ccccc2c2ccccc12. The molecule has 0 bridgehead atoms. The standard InChI is InChI=1S/C22H27NO4S/c1-16(2)22(14-24,15-27-28(3,25)26)23-13-18-12-17-8-4-5-9-19(17)21-11-7-6-10-20(18)21/h4-12,16,23-24H,13-15H2,1-3H3. The molecule has 1 atom stereocenters. The molecule has 0 heterocycles. The van der Waals surface area contributed by atoms with E-state index in [0.717, 1.165) is 22.6 Å². The summed E-state index contributed by atoms with van der Waals surface area (Å²) in [5, 5.41) is 18.1. The van der Waals surface area contributed by atoms with Crippen LogP contribution in [0.5, 0.6) is 0 Å². The van der Waals surface area contributed by atoms with Gasteiger partial charge in [0.15, 0.2) is 0 Å². The van der Waals surface area contributed by atoms with Gasteiger partial charge >= 0.3 is 0 Å². The zero-order valence-corrected chi connectivity index (χ0v) is 17.3. The van der Waals surface area contributed by atoms with Crippen molar-refractivity contribution in [3.8, 4) is 0 Å². The number of rotatable bonds is 8. The van der Waals surface area contributed by atoms with Gasteiger partial charge in [-0.2, -0.15) is 8.42 Å². The molecule has 0 radical (unpaired) electrons. The molecule has 3 aromatic carbocycles. The third-order valence-electron chi connectivity index (χ3n) is 5.40. The molecule has 28 heavy (non-hydrogen) atoms. The van der Waals surface area contributed by atoms with Crippen LogP contribution in [-0.4, -0.2) is 38.5 Å². The Morgan fingerprint density at radius 3 is 2.25 bits per heavy atom. The second kappa shape index (κ2) is 8.17. The highest BCUT2D eigenvalue weighted by atomic mass is 32.2. The Kier molecular flexibility index (Phi) is 6.05. The fraction of sp³-hybridized carbons (Fsp3) is 0.364. The molecule has 1 unspecified atom stereocenters. The number of hydrogen-bond donors (Lipinski definition) is 2. The Labute approximate surface area is 166 Å². The zero-order valence-electron chi connectivity index (χ0n) is 16.5. The lowest BCUT2D eigenvalue weighted by atomic mass is 9.87. The van der Waals surface area contributed by atoms with Gasteiger partial charge in [-0.1, -0.05) is 62.4 Å². The average Bonchev–Trinajstić information content (AvgIpc) is 2.67. The normalized spacial score (nSPS) is 14.6. The van der Waals surface area contributed by atoms with E-state index < -0.39 is 15.7 Å². The van der Waals surface area contributed by atoms with E-state index in [1.54, 1.807) is 0 Å². The van der Waals surface area contributed by atoms with Gasteiger partial charge in [-0.15, -0.1) is 0 Å². The van der Waals surface area contributed by atoms with Gasteiger partial charge in [-0.3, -0.25) is 4.18 Å². The Hall–Kier alpha value is -1.99. The Bertz CT molecular complexity index is 1080. The van der Waals surface area contributed by atoms with Crippen molar-refractivity contribution in [1.29, 1.82) is 0 Å². The summed E-state index contributed by atoms with van der Waals surface area (Å²) < 4.78 is 28.0. The van der Waals surface area contributed by atoms with Crippen LogP contribution in [-0.2, 0) is 20.8 Å². The quantitative estimate of drug-likeness (QED) is 0.447. The Balaban J connectivity index is 1.98. The van der Waals surface area contributed by atoms with Crippen LogP contribution in [0.25, 0.3) is 21.5 Å². The Morgan fingerprint density at radius 1 is 1.04 bits per heavy atom. The molecule has 0 aliphatic carbocycles. The highest BCUT2D eigenvalue weighted by molar-refractivity contribution is 7.85. The van der Waals surface area contributed by atoms with Crippen molar-refractivity contribution in [2.45, 2.75) is 25.9 Å². The summed E-state index contributed by atoms with van der Waals surface area (Å²) in [5.41, 5.74) is 0.225. The number of nitrogens with one attached hydrogen (secondary N) is 1. The molecule has 0 aromatic heterocycles. The van der Waals surface area contributed by atoms with Crippen molar-refractivity contribution >= 4 is 31.7 Å². The molecule has 0 saturated heterocycles. The van der Waals surface area contributed by atoms with Crippen LogP contribution < -0.4 is 5.32 Å². The van der Waals surface area contributed by atoms with Gasteiger partial charge in [0.25, 0.3) is 10.1 Å². The fourth-order valence-corrected chi connectivity index (χ4v) is 3.89. The van der Waals surface area contributed by atoms with Gasteiger partial charge < -0.3 is 10.4 Å². The molecular formula is C22H27NO4S. The second-order valence-electron chi connectivity index (χ2n) is 7.59. The maximum absolute atomic E-state index is 11.5. The molecule has 150 valence electrons. The molecule has 3 aromatic rings. The molecule has 5 nitrogen and oxygen atoms in total. The minimum atomic E-state index is -3.60. The van der Waals surface area contributed by atoms with Crippen molar-refractivity contribution in [1.82, 2.24) is 5.32 Å². The number of aliphatic hydroxyl groups is 1. The van der Waals surface area contributed by atoms with Gasteiger partial charge in [-0.25, -0.2) is 0 Å². The Morgan fingerprint density at radius 2 is 1.64 bits per heavy atom. The smallest absolute Gasteiger partial charge is 0.264 e. The number of benzene rings is 3. The molecule has 6 heteroatoms. The van der Waals surface area contributed by atoms with E-state index in [2.05, 4.69) is 35.6 Å². The van der Waals surface area contributed by atoms with Gasteiger partial charge in [0.05, 0.1) is 25.0 Å². The van der Waals surface area contributed by atoms with Gasteiger partial charge in [0.2, 0.25) is 0 Å². The molecule has 3 rings (SSSR count). The highest BCUT2D eigenvalue weighted by Crippen LogP contribution is 2.29. The van der Waals surface area contributed by atoms with Crippen molar-refractivity contribution < 1.29 is 17.7 Å². The average molecular weight is 402 g/mol.